The Balaban J connectivity index is 2.33. The molecular formula is C5H7F2NO2. The quantitative estimate of drug-likeness (QED) is 0.424. The highest BCUT2D eigenvalue weighted by Gasteiger charge is 2.48. The highest BCUT2D eigenvalue weighted by molar-refractivity contribution is 5.78. The maximum Gasteiger partial charge on any atom is 0.249 e. The lowest BCUT2D eigenvalue weighted by Crippen LogP contribution is -2.44. The molecule has 5 heteroatoms. The molecule has 58 valence electrons. The third-order valence-electron chi connectivity index (χ3n) is 1.57. The molecule has 0 bridgehead atoms. The first-order valence-electron chi connectivity index (χ1n) is 2.87. The van der Waals surface area contributed by atoms with Crippen molar-refractivity contribution in [2.24, 2.45) is 5.92 Å². The molecule has 1 aliphatic rings. The number of amides is 1. The van der Waals surface area contributed by atoms with Crippen molar-refractivity contribution >= 4 is 5.91 Å². The van der Waals surface area contributed by atoms with E-state index in [9.17, 15) is 13.6 Å². The summed E-state index contributed by atoms with van der Waals surface area (Å²) in [5, 5.41) is 8.00. The van der Waals surface area contributed by atoms with Gasteiger partial charge in [-0.2, -0.15) is 0 Å². The Morgan fingerprint density at radius 1 is 1.60 bits per heavy atom. The largest absolute Gasteiger partial charge is 0.289 e. The van der Waals surface area contributed by atoms with Gasteiger partial charge in [-0.25, -0.2) is 14.3 Å². The molecule has 0 aliphatic heterocycles. The number of hydroxylamine groups is 1. The van der Waals surface area contributed by atoms with Crippen LogP contribution in [0.2, 0.25) is 0 Å². The third-order valence-corrected chi connectivity index (χ3v) is 1.57. The van der Waals surface area contributed by atoms with Crippen molar-refractivity contribution in [2.45, 2.75) is 18.8 Å². The molecule has 0 aromatic heterocycles. The van der Waals surface area contributed by atoms with E-state index in [1.165, 1.54) is 5.48 Å². The maximum absolute atomic E-state index is 12.0. The highest BCUT2D eigenvalue weighted by Crippen LogP contribution is 2.42. The smallest absolute Gasteiger partial charge is 0.249 e. The molecule has 0 heterocycles. The second kappa shape index (κ2) is 2.16. The number of carbonyl (C=O) groups is 1. The second-order valence-corrected chi connectivity index (χ2v) is 2.44. The predicted molar refractivity (Wildman–Crippen MR) is 27.6 cm³/mol. The predicted octanol–water partition coefficient (Wildman–Crippen LogP) is 0.537. The Labute approximate surface area is 56.0 Å². The Hall–Kier alpha value is -0.710. The summed E-state index contributed by atoms with van der Waals surface area (Å²) >= 11 is 0. The van der Waals surface area contributed by atoms with Crippen LogP contribution in [0.4, 0.5) is 8.78 Å². The number of hydrogen-bond donors (Lipinski definition) is 2. The van der Waals surface area contributed by atoms with E-state index in [4.69, 9.17) is 5.21 Å². The second-order valence-electron chi connectivity index (χ2n) is 2.44. The molecular weight excluding hydrogens is 144 g/mol. The van der Waals surface area contributed by atoms with Crippen LogP contribution >= 0.6 is 0 Å². The fourth-order valence-electron chi connectivity index (χ4n) is 0.938. The molecule has 1 rings (SSSR count). The van der Waals surface area contributed by atoms with Gasteiger partial charge in [0.05, 0.1) is 5.92 Å². The Morgan fingerprint density at radius 2 is 2.10 bits per heavy atom. The molecule has 0 saturated heterocycles. The van der Waals surface area contributed by atoms with E-state index in [0.717, 1.165) is 0 Å². The van der Waals surface area contributed by atoms with Crippen LogP contribution in [0.25, 0.3) is 0 Å². The molecule has 2 N–H and O–H groups in total. The van der Waals surface area contributed by atoms with Crippen molar-refractivity contribution in [3.8, 4) is 0 Å². The lowest BCUT2D eigenvalue weighted by Gasteiger charge is -2.32. The zero-order chi connectivity index (χ0) is 7.78. The fraction of sp³-hybridized carbons (Fsp3) is 0.800. The van der Waals surface area contributed by atoms with Crippen LogP contribution in [-0.2, 0) is 4.79 Å². The summed E-state index contributed by atoms with van der Waals surface area (Å²) in [6.45, 7) is 0. The first kappa shape index (κ1) is 7.40. The van der Waals surface area contributed by atoms with Gasteiger partial charge < -0.3 is 0 Å². The van der Waals surface area contributed by atoms with Gasteiger partial charge in [0.15, 0.2) is 0 Å². The third kappa shape index (κ3) is 1.23. The first-order valence-corrected chi connectivity index (χ1v) is 2.87. The fourth-order valence-corrected chi connectivity index (χ4v) is 0.938. The van der Waals surface area contributed by atoms with Gasteiger partial charge in [0.25, 0.3) is 0 Å². The minimum atomic E-state index is -2.70. The van der Waals surface area contributed by atoms with E-state index in [1.54, 1.807) is 0 Å². The van der Waals surface area contributed by atoms with E-state index in [0.29, 0.717) is 0 Å². The van der Waals surface area contributed by atoms with Crippen LogP contribution in [0.1, 0.15) is 12.8 Å². The molecule has 0 radical (unpaired) electrons. The summed E-state index contributed by atoms with van der Waals surface area (Å²) in [5.74, 6) is -4.12. The molecule has 1 fully saturated rings. The van der Waals surface area contributed by atoms with Gasteiger partial charge in [-0.15, -0.1) is 0 Å². The van der Waals surface area contributed by atoms with Crippen LogP contribution < -0.4 is 5.48 Å². The van der Waals surface area contributed by atoms with Gasteiger partial charge >= 0.3 is 0 Å². The summed E-state index contributed by atoms with van der Waals surface area (Å²) in [6.07, 6.45) is -0.890. The lowest BCUT2D eigenvalue weighted by atomic mass is 9.81. The average Bonchev–Trinajstić information content (AvgIpc) is 1.81. The van der Waals surface area contributed by atoms with Crippen molar-refractivity contribution < 1.29 is 18.8 Å². The standard InChI is InChI=1S/C5H7F2NO2/c6-5(7)1-3(2-5)4(9)8-10/h3,10H,1-2H2,(H,8,9). The van der Waals surface area contributed by atoms with Crippen LogP contribution in [0.3, 0.4) is 0 Å². The van der Waals surface area contributed by atoms with Gasteiger partial charge in [0.2, 0.25) is 11.8 Å². The van der Waals surface area contributed by atoms with Crippen molar-refractivity contribution in [1.82, 2.24) is 5.48 Å². The van der Waals surface area contributed by atoms with Crippen LogP contribution in [0, 0.1) is 5.92 Å². The minimum Gasteiger partial charge on any atom is -0.289 e. The minimum absolute atomic E-state index is 0.445. The maximum atomic E-state index is 12.0. The molecule has 3 nitrogen and oxygen atoms in total. The molecule has 1 amide bonds. The van der Waals surface area contributed by atoms with Gasteiger partial charge in [-0.05, 0) is 0 Å². The zero-order valence-electron chi connectivity index (χ0n) is 5.10. The molecule has 0 spiro atoms. The molecule has 0 aromatic rings. The number of nitrogens with one attached hydrogen (secondary N) is 1. The van der Waals surface area contributed by atoms with Crippen LogP contribution in [0.5, 0.6) is 0 Å². The normalized spacial score (nSPS) is 23.5. The van der Waals surface area contributed by atoms with E-state index < -0.39 is 30.6 Å². The summed E-state index contributed by atoms with van der Waals surface area (Å²) in [4.78, 5) is 10.4. The molecule has 1 aliphatic carbocycles. The summed E-state index contributed by atoms with van der Waals surface area (Å²) in [5.41, 5.74) is 1.33. The van der Waals surface area contributed by atoms with Crippen LogP contribution in [0.15, 0.2) is 0 Å². The Morgan fingerprint density at radius 3 is 2.40 bits per heavy atom. The highest BCUT2D eigenvalue weighted by atomic mass is 19.3. The van der Waals surface area contributed by atoms with Crippen molar-refractivity contribution in [2.75, 3.05) is 0 Å². The van der Waals surface area contributed by atoms with Crippen LogP contribution in [-0.4, -0.2) is 17.0 Å². The number of carbonyl (C=O) groups excluding carboxylic acids is 1. The summed E-state index contributed by atoms with van der Waals surface area (Å²) in [6, 6.07) is 0. The summed E-state index contributed by atoms with van der Waals surface area (Å²) < 4.78 is 24.0. The van der Waals surface area contributed by atoms with E-state index in [1.807, 2.05) is 0 Å². The van der Waals surface area contributed by atoms with Crippen molar-refractivity contribution in [1.29, 1.82) is 0 Å². The lowest BCUT2D eigenvalue weighted by molar-refractivity contribution is -0.157. The van der Waals surface area contributed by atoms with E-state index in [2.05, 4.69) is 0 Å². The number of halogens is 2. The zero-order valence-corrected chi connectivity index (χ0v) is 5.10. The molecule has 1 saturated carbocycles. The molecule has 10 heavy (non-hydrogen) atoms. The van der Waals surface area contributed by atoms with Crippen molar-refractivity contribution in [3.63, 3.8) is 0 Å². The number of alkyl halides is 2. The number of rotatable bonds is 1. The van der Waals surface area contributed by atoms with Gasteiger partial charge in [0.1, 0.15) is 0 Å². The van der Waals surface area contributed by atoms with Gasteiger partial charge in [0, 0.05) is 12.8 Å². The average molecular weight is 151 g/mol. The SMILES string of the molecule is O=C(NO)C1CC(F)(F)C1. The van der Waals surface area contributed by atoms with E-state index >= 15 is 0 Å². The number of hydrogen-bond acceptors (Lipinski definition) is 2. The summed E-state index contributed by atoms with van der Waals surface area (Å²) in [7, 11) is 0. The first-order chi connectivity index (χ1) is 4.55. The van der Waals surface area contributed by atoms with Gasteiger partial charge in [-0.3, -0.25) is 10.0 Å². The van der Waals surface area contributed by atoms with Gasteiger partial charge in [-0.1, -0.05) is 0 Å². The monoisotopic (exact) mass is 151 g/mol. The Kier molecular flexibility index (Phi) is 1.60. The van der Waals surface area contributed by atoms with E-state index in [-0.39, 0.29) is 0 Å². The molecule has 0 unspecified atom stereocenters. The molecule has 0 atom stereocenters. The molecule has 0 aromatic carbocycles. The topological polar surface area (TPSA) is 49.3 Å². The van der Waals surface area contributed by atoms with Crippen molar-refractivity contribution in [3.05, 3.63) is 0 Å². The Bertz CT molecular complexity index is 152.